The van der Waals surface area contributed by atoms with E-state index in [0.717, 1.165) is 4.47 Å². The number of benzene rings is 2. The minimum absolute atomic E-state index is 0.164. The summed E-state index contributed by atoms with van der Waals surface area (Å²) in [6, 6.07) is 10.4. The lowest BCUT2D eigenvalue weighted by atomic mass is 10.1. The molecule has 108 valence electrons. The molecule has 4 rings (SSSR count). The molecule has 2 aliphatic rings. The third-order valence-corrected chi connectivity index (χ3v) is 4.26. The van der Waals surface area contributed by atoms with Crippen LogP contribution in [0, 0.1) is 0 Å². The predicted octanol–water partition coefficient (Wildman–Crippen LogP) is 3.64. The van der Waals surface area contributed by atoms with E-state index in [0.29, 0.717) is 28.2 Å². The normalized spacial score (nSPS) is 15.2. The van der Waals surface area contributed by atoms with Gasteiger partial charge in [-0.1, -0.05) is 24.3 Å². The molecule has 1 aliphatic heterocycles. The van der Waals surface area contributed by atoms with Gasteiger partial charge in [-0.2, -0.15) is 0 Å². The molecule has 0 aromatic heterocycles. The van der Waals surface area contributed by atoms with Gasteiger partial charge in [-0.3, -0.25) is 9.59 Å². The Morgan fingerprint density at radius 2 is 1.68 bits per heavy atom. The standard InChI is InChI=1S/C17H9BrO4/c18-13-6-9(7-14-17(13)22-8-21-14)5-12-15(19)10-3-1-2-4-11(10)16(12)20/h1-7H,8H2. The number of ether oxygens (including phenoxy) is 2. The minimum Gasteiger partial charge on any atom is -0.454 e. The van der Waals surface area contributed by atoms with Gasteiger partial charge in [0.2, 0.25) is 6.79 Å². The Bertz CT molecular complexity index is 830. The molecule has 0 N–H and O–H groups in total. The third-order valence-electron chi connectivity index (χ3n) is 3.67. The Kier molecular flexibility index (Phi) is 2.90. The summed E-state index contributed by atoms with van der Waals surface area (Å²) in [4.78, 5) is 24.7. The van der Waals surface area contributed by atoms with Crippen LogP contribution in [0.15, 0.2) is 46.4 Å². The van der Waals surface area contributed by atoms with Crippen LogP contribution in [-0.4, -0.2) is 18.4 Å². The highest BCUT2D eigenvalue weighted by atomic mass is 79.9. The van der Waals surface area contributed by atoms with E-state index in [1.54, 1.807) is 42.5 Å². The topological polar surface area (TPSA) is 52.6 Å². The van der Waals surface area contributed by atoms with Gasteiger partial charge in [-0.25, -0.2) is 0 Å². The fourth-order valence-corrected chi connectivity index (χ4v) is 3.22. The lowest BCUT2D eigenvalue weighted by molar-refractivity contribution is 0.0990. The van der Waals surface area contributed by atoms with Crippen molar-refractivity contribution in [3.63, 3.8) is 0 Å². The van der Waals surface area contributed by atoms with Gasteiger partial charge in [0.1, 0.15) is 0 Å². The summed E-state index contributed by atoms with van der Waals surface area (Å²) in [5.41, 5.74) is 1.80. The van der Waals surface area contributed by atoms with Crippen molar-refractivity contribution in [1.29, 1.82) is 0 Å². The van der Waals surface area contributed by atoms with E-state index in [2.05, 4.69) is 15.9 Å². The SMILES string of the molecule is O=C1C(=Cc2cc(Br)c3c(c2)OCO3)C(=O)c2ccccc21. The van der Waals surface area contributed by atoms with Crippen LogP contribution in [-0.2, 0) is 0 Å². The van der Waals surface area contributed by atoms with Crippen LogP contribution in [0.25, 0.3) is 6.08 Å². The van der Waals surface area contributed by atoms with E-state index in [-0.39, 0.29) is 23.9 Å². The molecule has 2 aromatic carbocycles. The Hall–Kier alpha value is -2.40. The highest BCUT2D eigenvalue weighted by Gasteiger charge is 2.32. The highest BCUT2D eigenvalue weighted by molar-refractivity contribution is 9.10. The van der Waals surface area contributed by atoms with Gasteiger partial charge in [0.25, 0.3) is 0 Å². The van der Waals surface area contributed by atoms with Crippen molar-refractivity contribution in [3.05, 3.63) is 63.1 Å². The highest BCUT2D eigenvalue weighted by Crippen LogP contribution is 2.40. The maximum absolute atomic E-state index is 12.4. The number of hydrogen-bond acceptors (Lipinski definition) is 4. The summed E-state index contributed by atoms with van der Waals surface area (Å²) in [5, 5.41) is 0. The third kappa shape index (κ3) is 1.89. The first-order valence-electron chi connectivity index (χ1n) is 6.64. The Balaban J connectivity index is 1.81. The average molecular weight is 357 g/mol. The van der Waals surface area contributed by atoms with Gasteiger partial charge in [-0.15, -0.1) is 0 Å². The molecule has 0 unspecified atom stereocenters. The van der Waals surface area contributed by atoms with Crippen LogP contribution < -0.4 is 9.47 Å². The second-order valence-corrected chi connectivity index (χ2v) is 5.85. The molecule has 1 heterocycles. The van der Waals surface area contributed by atoms with Crippen molar-refractivity contribution in [2.24, 2.45) is 0 Å². The van der Waals surface area contributed by atoms with Crippen molar-refractivity contribution in [1.82, 2.24) is 0 Å². The van der Waals surface area contributed by atoms with Crippen LogP contribution in [0.5, 0.6) is 11.5 Å². The molecule has 4 nitrogen and oxygen atoms in total. The van der Waals surface area contributed by atoms with E-state index >= 15 is 0 Å². The van der Waals surface area contributed by atoms with Crippen LogP contribution in [0.2, 0.25) is 0 Å². The first kappa shape index (κ1) is 13.3. The van der Waals surface area contributed by atoms with Crippen molar-refractivity contribution in [2.45, 2.75) is 0 Å². The van der Waals surface area contributed by atoms with E-state index in [1.807, 2.05) is 0 Å². The zero-order valence-corrected chi connectivity index (χ0v) is 12.8. The summed E-state index contributed by atoms with van der Waals surface area (Å²) in [7, 11) is 0. The molecule has 0 spiro atoms. The van der Waals surface area contributed by atoms with Crippen molar-refractivity contribution < 1.29 is 19.1 Å². The second-order valence-electron chi connectivity index (χ2n) is 5.00. The van der Waals surface area contributed by atoms with Crippen molar-refractivity contribution in [3.8, 4) is 11.5 Å². The molecule has 0 radical (unpaired) electrons. The number of hydrogen-bond donors (Lipinski definition) is 0. The molecule has 1 aliphatic carbocycles. The number of carbonyl (C=O) groups is 2. The quantitative estimate of drug-likeness (QED) is 0.578. The number of halogens is 1. The fraction of sp³-hybridized carbons (Fsp3) is 0.0588. The summed E-state index contributed by atoms with van der Waals surface area (Å²) in [6.45, 7) is 0.164. The van der Waals surface area contributed by atoms with E-state index in [9.17, 15) is 9.59 Å². The average Bonchev–Trinajstić information content (AvgIpc) is 3.08. The van der Waals surface area contributed by atoms with Crippen molar-refractivity contribution >= 4 is 33.6 Å². The van der Waals surface area contributed by atoms with Gasteiger partial charge in [0.15, 0.2) is 23.1 Å². The molecule has 5 heteroatoms. The van der Waals surface area contributed by atoms with Gasteiger partial charge in [0.05, 0.1) is 10.0 Å². The van der Waals surface area contributed by atoms with E-state index < -0.39 is 0 Å². The largest absolute Gasteiger partial charge is 0.454 e. The molecule has 2 aromatic rings. The number of carbonyl (C=O) groups excluding carboxylic acids is 2. The molecule has 0 fully saturated rings. The Morgan fingerprint density at radius 3 is 2.36 bits per heavy atom. The summed E-state index contributed by atoms with van der Waals surface area (Å²) < 4.78 is 11.4. The molecule has 0 bridgehead atoms. The zero-order chi connectivity index (χ0) is 15.3. The summed E-state index contributed by atoms with van der Waals surface area (Å²) in [5.74, 6) is 0.745. The number of fused-ring (bicyclic) bond motifs is 2. The molecular formula is C17H9BrO4. The number of ketones is 2. The van der Waals surface area contributed by atoms with Crippen LogP contribution in [0.1, 0.15) is 26.3 Å². The number of Topliss-reactive ketones (excluding diaryl/α,β-unsaturated/α-hetero) is 2. The second kappa shape index (κ2) is 4.81. The van der Waals surface area contributed by atoms with Gasteiger partial charge in [-0.05, 0) is 39.7 Å². The fourth-order valence-electron chi connectivity index (χ4n) is 2.64. The first-order valence-corrected chi connectivity index (χ1v) is 7.44. The predicted molar refractivity (Wildman–Crippen MR) is 83.3 cm³/mol. The van der Waals surface area contributed by atoms with Crippen LogP contribution in [0.3, 0.4) is 0 Å². The molecule has 0 saturated heterocycles. The molecule has 0 atom stereocenters. The molecule has 22 heavy (non-hydrogen) atoms. The number of allylic oxidation sites excluding steroid dienone is 1. The van der Waals surface area contributed by atoms with Crippen LogP contribution >= 0.6 is 15.9 Å². The Morgan fingerprint density at radius 1 is 1.00 bits per heavy atom. The van der Waals surface area contributed by atoms with Crippen molar-refractivity contribution in [2.75, 3.05) is 6.79 Å². The lowest BCUT2D eigenvalue weighted by Gasteiger charge is -2.02. The van der Waals surface area contributed by atoms with Gasteiger partial charge >= 0.3 is 0 Å². The molecular weight excluding hydrogens is 348 g/mol. The van der Waals surface area contributed by atoms with E-state index in [1.165, 1.54) is 0 Å². The van der Waals surface area contributed by atoms with Gasteiger partial charge < -0.3 is 9.47 Å². The van der Waals surface area contributed by atoms with Gasteiger partial charge in [0, 0.05) is 11.1 Å². The zero-order valence-electron chi connectivity index (χ0n) is 11.3. The van der Waals surface area contributed by atoms with E-state index in [4.69, 9.17) is 9.47 Å². The smallest absolute Gasteiger partial charge is 0.231 e. The first-order chi connectivity index (χ1) is 10.6. The maximum Gasteiger partial charge on any atom is 0.231 e. The minimum atomic E-state index is -0.241. The molecule has 0 amide bonds. The number of rotatable bonds is 1. The van der Waals surface area contributed by atoms with Crippen LogP contribution in [0.4, 0.5) is 0 Å². The maximum atomic E-state index is 12.4. The lowest BCUT2D eigenvalue weighted by Crippen LogP contribution is -2.00. The summed E-state index contributed by atoms with van der Waals surface area (Å²) >= 11 is 3.40. The summed E-state index contributed by atoms with van der Waals surface area (Å²) in [6.07, 6.45) is 1.59. The Labute approximate surface area is 134 Å². The molecule has 0 saturated carbocycles. The monoisotopic (exact) mass is 356 g/mol.